The van der Waals surface area contributed by atoms with E-state index in [-0.39, 0.29) is 16.5 Å². The van der Waals surface area contributed by atoms with E-state index in [1.165, 1.54) is 12.1 Å². The number of hydrogen-bond acceptors (Lipinski definition) is 5. The summed E-state index contributed by atoms with van der Waals surface area (Å²) in [4.78, 5) is 6.95. The number of aromatic hydroxyl groups is 1. The number of halogens is 1. The number of rotatable bonds is 3. The predicted octanol–water partition coefficient (Wildman–Crippen LogP) is 1.43. The summed E-state index contributed by atoms with van der Waals surface area (Å²) in [5.74, 6) is -1.31. The van der Waals surface area contributed by atoms with E-state index >= 15 is 0 Å². The molecule has 2 aromatic rings. The second kappa shape index (κ2) is 4.81. The van der Waals surface area contributed by atoms with Crippen molar-refractivity contribution in [3.05, 3.63) is 42.1 Å². The lowest BCUT2D eigenvalue weighted by atomic mass is 10.3. The third kappa shape index (κ3) is 2.97. The maximum atomic E-state index is 13.0. The molecule has 0 bridgehead atoms. The Labute approximate surface area is 109 Å². The minimum atomic E-state index is -4.05. The summed E-state index contributed by atoms with van der Waals surface area (Å²) in [6.45, 7) is 1.64. The van der Waals surface area contributed by atoms with Crippen molar-refractivity contribution in [3.63, 3.8) is 0 Å². The molecule has 0 radical (unpaired) electrons. The van der Waals surface area contributed by atoms with E-state index in [2.05, 4.69) is 14.7 Å². The number of nitrogens with zero attached hydrogens (tertiary/aromatic N) is 2. The highest BCUT2D eigenvalue weighted by Gasteiger charge is 2.18. The van der Waals surface area contributed by atoms with Gasteiger partial charge in [0.05, 0.1) is 6.20 Å². The van der Waals surface area contributed by atoms with Crippen LogP contribution in [0.2, 0.25) is 0 Å². The number of anilines is 1. The highest BCUT2D eigenvalue weighted by molar-refractivity contribution is 7.92. The SMILES string of the molecule is Cc1ccc(O)c(NS(=O)(=O)c2cncc(F)c2)n1. The first-order valence-electron chi connectivity index (χ1n) is 5.18. The molecule has 0 spiro atoms. The van der Waals surface area contributed by atoms with Gasteiger partial charge in [0, 0.05) is 11.9 Å². The predicted molar refractivity (Wildman–Crippen MR) is 65.6 cm³/mol. The van der Waals surface area contributed by atoms with Crippen LogP contribution in [0.15, 0.2) is 35.5 Å². The number of hydrogen-bond donors (Lipinski definition) is 2. The summed E-state index contributed by atoms with van der Waals surface area (Å²) in [5, 5.41) is 9.52. The molecule has 0 unspecified atom stereocenters. The molecular formula is C11H10FN3O3S. The van der Waals surface area contributed by atoms with Crippen LogP contribution in [0.1, 0.15) is 5.69 Å². The first-order chi connectivity index (χ1) is 8.88. The summed E-state index contributed by atoms with van der Waals surface area (Å²) < 4.78 is 38.9. The Morgan fingerprint density at radius 2 is 2.05 bits per heavy atom. The number of aromatic nitrogens is 2. The fraction of sp³-hybridized carbons (Fsp3) is 0.0909. The number of pyridine rings is 2. The summed E-state index contributed by atoms with van der Waals surface area (Å²) in [7, 11) is -4.05. The van der Waals surface area contributed by atoms with Gasteiger partial charge in [-0.3, -0.25) is 9.71 Å². The van der Waals surface area contributed by atoms with Crippen molar-refractivity contribution < 1.29 is 17.9 Å². The van der Waals surface area contributed by atoms with Gasteiger partial charge in [0.2, 0.25) is 0 Å². The van der Waals surface area contributed by atoms with Crippen molar-refractivity contribution >= 4 is 15.8 Å². The molecule has 0 amide bonds. The van der Waals surface area contributed by atoms with E-state index in [0.717, 1.165) is 18.5 Å². The monoisotopic (exact) mass is 283 g/mol. The lowest BCUT2D eigenvalue weighted by Crippen LogP contribution is -2.14. The Morgan fingerprint density at radius 1 is 1.32 bits per heavy atom. The van der Waals surface area contributed by atoms with E-state index in [1.54, 1.807) is 6.92 Å². The zero-order valence-corrected chi connectivity index (χ0v) is 10.6. The Morgan fingerprint density at radius 3 is 2.74 bits per heavy atom. The molecule has 0 aromatic carbocycles. The van der Waals surface area contributed by atoms with Crippen LogP contribution >= 0.6 is 0 Å². The van der Waals surface area contributed by atoms with Crippen molar-refractivity contribution in [2.24, 2.45) is 0 Å². The Bertz CT molecular complexity index is 719. The number of nitrogens with one attached hydrogen (secondary N) is 1. The molecule has 2 rings (SSSR count). The van der Waals surface area contributed by atoms with E-state index in [1.807, 2.05) is 0 Å². The minimum Gasteiger partial charge on any atom is -0.504 e. The third-order valence-electron chi connectivity index (χ3n) is 2.23. The second-order valence-corrected chi connectivity index (χ2v) is 5.45. The lowest BCUT2D eigenvalue weighted by Gasteiger charge is -2.09. The van der Waals surface area contributed by atoms with Crippen LogP contribution < -0.4 is 4.72 Å². The van der Waals surface area contributed by atoms with E-state index in [4.69, 9.17) is 0 Å². The third-order valence-corrected chi connectivity index (χ3v) is 3.54. The molecule has 8 heteroatoms. The Balaban J connectivity index is 2.39. The highest BCUT2D eigenvalue weighted by Crippen LogP contribution is 2.23. The Kier molecular flexibility index (Phi) is 3.34. The average Bonchev–Trinajstić information content (AvgIpc) is 2.33. The lowest BCUT2D eigenvalue weighted by molar-refractivity contribution is 0.475. The molecule has 0 saturated carbocycles. The largest absolute Gasteiger partial charge is 0.504 e. The average molecular weight is 283 g/mol. The number of sulfonamides is 1. The summed E-state index contributed by atoms with van der Waals surface area (Å²) in [6.07, 6.45) is 1.89. The van der Waals surface area contributed by atoms with Gasteiger partial charge in [-0.05, 0) is 25.1 Å². The topological polar surface area (TPSA) is 92.2 Å². The molecule has 2 heterocycles. The van der Waals surface area contributed by atoms with E-state index in [9.17, 15) is 17.9 Å². The first-order valence-corrected chi connectivity index (χ1v) is 6.67. The van der Waals surface area contributed by atoms with E-state index in [0.29, 0.717) is 5.69 Å². The zero-order valence-electron chi connectivity index (χ0n) is 9.83. The van der Waals surface area contributed by atoms with E-state index < -0.39 is 15.8 Å². The van der Waals surface area contributed by atoms with Gasteiger partial charge >= 0.3 is 0 Å². The fourth-order valence-corrected chi connectivity index (χ4v) is 2.34. The van der Waals surface area contributed by atoms with Gasteiger partial charge in [0.1, 0.15) is 10.7 Å². The minimum absolute atomic E-state index is 0.218. The zero-order chi connectivity index (χ0) is 14.0. The molecule has 0 aliphatic rings. The fourth-order valence-electron chi connectivity index (χ4n) is 1.35. The highest BCUT2D eigenvalue weighted by atomic mass is 32.2. The molecule has 0 saturated heterocycles. The summed E-state index contributed by atoms with van der Waals surface area (Å²) in [6, 6.07) is 3.66. The number of aryl methyl sites for hydroxylation is 1. The van der Waals surface area contributed by atoms with Crippen LogP contribution in [-0.2, 0) is 10.0 Å². The van der Waals surface area contributed by atoms with Gasteiger partial charge in [-0.2, -0.15) is 0 Å². The molecule has 6 nitrogen and oxygen atoms in total. The van der Waals surface area contributed by atoms with Crippen LogP contribution in [0.5, 0.6) is 5.75 Å². The molecule has 0 atom stereocenters. The van der Waals surface area contributed by atoms with Crippen molar-refractivity contribution in [2.45, 2.75) is 11.8 Å². The molecule has 0 aliphatic carbocycles. The second-order valence-electron chi connectivity index (χ2n) is 3.76. The quantitative estimate of drug-likeness (QED) is 0.889. The molecule has 0 fully saturated rings. The summed E-state index contributed by atoms with van der Waals surface area (Å²) in [5.41, 5.74) is 0.521. The van der Waals surface area contributed by atoms with Gasteiger partial charge in [-0.25, -0.2) is 17.8 Å². The van der Waals surface area contributed by atoms with Gasteiger partial charge in [0.15, 0.2) is 11.6 Å². The molecule has 19 heavy (non-hydrogen) atoms. The van der Waals surface area contributed by atoms with Gasteiger partial charge in [-0.15, -0.1) is 0 Å². The van der Waals surface area contributed by atoms with Crippen molar-refractivity contribution in [3.8, 4) is 5.75 Å². The van der Waals surface area contributed by atoms with Crippen LogP contribution in [0, 0.1) is 12.7 Å². The van der Waals surface area contributed by atoms with Crippen LogP contribution in [0.4, 0.5) is 10.2 Å². The smallest absolute Gasteiger partial charge is 0.264 e. The van der Waals surface area contributed by atoms with Crippen molar-refractivity contribution in [2.75, 3.05) is 4.72 Å². The maximum Gasteiger partial charge on any atom is 0.264 e. The van der Waals surface area contributed by atoms with Crippen LogP contribution in [-0.4, -0.2) is 23.5 Å². The summed E-state index contributed by atoms with van der Waals surface area (Å²) >= 11 is 0. The van der Waals surface area contributed by atoms with Crippen LogP contribution in [0.25, 0.3) is 0 Å². The molecule has 2 aromatic heterocycles. The molecule has 2 N–H and O–H groups in total. The van der Waals surface area contributed by atoms with Gasteiger partial charge < -0.3 is 5.11 Å². The molecular weight excluding hydrogens is 273 g/mol. The van der Waals surface area contributed by atoms with Gasteiger partial charge in [0.25, 0.3) is 10.0 Å². The first kappa shape index (κ1) is 13.2. The Hall–Kier alpha value is -2.22. The maximum absolute atomic E-state index is 13.0. The standard InChI is InChI=1S/C11H10FN3O3S/c1-7-2-3-10(16)11(14-7)15-19(17,18)9-4-8(12)5-13-6-9/h2-6,16H,1H3,(H,14,15). The normalized spacial score (nSPS) is 11.3. The molecule has 100 valence electrons. The molecule has 0 aliphatic heterocycles. The van der Waals surface area contributed by atoms with Gasteiger partial charge in [-0.1, -0.05) is 0 Å². The van der Waals surface area contributed by atoms with Crippen LogP contribution in [0.3, 0.4) is 0 Å². The van der Waals surface area contributed by atoms with Crippen molar-refractivity contribution in [1.29, 1.82) is 0 Å². The van der Waals surface area contributed by atoms with Crippen molar-refractivity contribution in [1.82, 2.24) is 9.97 Å².